The van der Waals surface area contributed by atoms with Gasteiger partial charge in [0.1, 0.15) is 5.75 Å². The maximum atomic E-state index is 12.8. The first-order chi connectivity index (χ1) is 14.6. The SMILES string of the molecule is COc1ccc(S(=O)(=O)Nc2ccc(C(=O)Nc3cccc(C(F)(F)F)c3)cc2)cc1. The highest BCUT2D eigenvalue weighted by molar-refractivity contribution is 7.92. The fraction of sp³-hybridized carbons (Fsp3) is 0.0952. The summed E-state index contributed by atoms with van der Waals surface area (Å²) in [6.07, 6.45) is -4.52. The van der Waals surface area contributed by atoms with Crippen LogP contribution in [-0.2, 0) is 16.2 Å². The van der Waals surface area contributed by atoms with Crippen molar-refractivity contribution in [3.8, 4) is 5.75 Å². The van der Waals surface area contributed by atoms with Gasteiger partial charge in [0.2, 0.25) is 0 Å². The van der Waals surface area contributed by atoms with Gasteiger partial charge in [0, 0.05) is 16.9 Å². The second kappa shape index (κ2) is 8.68. The summed E-state index contributed by atoms with van der Waals surface area (Å²) in [6, 6.07) is 15.5. The van der Waals surface area contributed by atoms with Crippen LogP contribution < -0.4 is 14.8 Å². The maximum absolute atomic E-state index is 12.8. The van der Waals surface area contributed by atoms with E-state index in [1.165, 1.54) is 67.8 Å². The minimum absolute atomic E-state index is 0.0101. The summed E-state index contributed by atoms with van der Waals surface area (Å²) in [4.78, 5) is 12.3. The zero-order valence-electron chi connectivity index (χ0n) is 16.1. The number of ether oxygens (including phenoxy) is 1. The molecule has 1 amide bonds. The number of hydrogen-bond donors (Lipinski definition) is 2. The molecule has 31 heavy (non-hydrogen) atoms. The summed E-state index contributed by atoms with van der Waals surface area (Å²) < 4.78 is 70.7. The van der Waals surface area contributed by atoms with Crippen molar-refractivity contribution < 1.29 is 31.1 Å². The Morgan fingerprint density at radius 1 is 0.903 bits per heavy atom. The Bertz CT molecular complexity index is 1180. The van der Waals surface area contributed by atoms with Crippen molar-refractivity contribution in [1.82, 2.24) is 0 Å². The molecular weight excluding hydrogens is 433 g/mol. The van der Waals surface area contributed by atoms with Crippen LogP contribution in [-0.4, -0.2) is 21.4 Å². The molecule has 0 aromatic heterocycles. The summed E-state index contributed by atoms with van der Waals surface area (Å²) in [7, 11) is -2.39. The molecule has 3 rings (SSSR count). The third kappa shape index (κ3) is 5.54. The fourth-order valence-electron chi connectivity index (χ4n) is 2.64. The standard InChI is InChI=1S/C21H17F3N2O4S/c1-30-18-9-11-19(12-10-18)31(28,29)26-16-7-5-14(6-8-16)20(27)25-17-4-2-3-15(13-17)21(22,23)24/h2-13,26H,1H3,(H,25,27). The summed E-state index contributed by atoms with van der Waals surface area (Å²) in [5.41, 5.74) is -0.533. The maximum Gasteiger partial charge on any atom is 0.416 e. The Morgan fingerprint density at radius 3 is 2.13 bits per heavy atom. The van der Waals surface area contributed by atoms with Gasteiger partial charge >= 0.3 is 6.18 Å². The first-order valence-corrected chi connectivity index (χ1v) is 10.3. The zero-order chi connectivity index (χ0) is 22.6. The predicted octanol–water partition coefficient (Wildman–Crippen LogP) is 4.77. The molecular formula is C21H17F3N2O4S. The summed E-state index contributed by atoms with van der Waals surface area (Å²) in [5.74, 6) is -0.126. The van der Waals surface area contributed by atoms with E-state index in [2.05, 4.69) is 10.0 Å². The monoisotopic (exact) mass is 450 g/mol. The molecule has 0 spiro atoms. The number of benzene rings is 3. The molecule has 0 saturated heterocycles. The van der Waals surface area contributed by atoms with Gasteiger partial charge in [-0.15, -0.1) is 0 Å². The Hall–Kier alpha value is -3.53. The van der Waals surface area contributed by atoms with Gasteiger partial charge in [0.05, 0.1) is 17.6 Å². The molecule has 6 nitrogen and oxygen atoms in total. The summed E-state index contributed by atoms with van der Waals surface area (Å²) >= 11 is 0. The lowest BCUT2D eigenvalue weighted by Crippen LogP contribution is -2.14. The molecule has 0 unspecified atom stereocenters. The molecule has 0 fully saturated rings. The lowest BCUT2D eigenvalue weighted by Gasteiger charge is -2.11. The van der Waals surface area contributed by atoms with Crippen molar-refractivity contribution in [3.63, 3.8) is 0 Å². The van der Waals surface area contributed by atoms with E-state index >= 15 is 0 Å². The molecule has 3 aromatic carbocycles. The minimum atomic E-state index is -4.52. The molecule has 0 aliphatic heterocycles. The van der Waals surface area contributed by atoms with E-state index in [0.717, 1.165) is 12.1 Å². The number of alkyl halides is 3. The molecule has 10 heteroatoms. The fourth-order valence-corrected chi connectivity index (χ4v) is 3.69. The van der Waals surface area contributed by atoms with Crippen LogP contribution >= 0.6 is 0 Å². The van der Waals surface area contributed by atoms with Gasteiger partial charge in [0.15, 0.2) is 0 Å². The van der Waals surface area contributed by atoms with Crippen LogP contribution in [0.15, 0.2) is 77.7 Å². The molecule has 3 aromatic rings. The molecule has 0 radical (unpaired) electrons. The number of amides is 1. The Balaban J connectivity index is 1.70. The topological polar surface area (TPSA) is 84.5 Å². The number of sulfonamides is 1. The van der Waals surface area contributed by atoms with Crippen LogP contribution in [0.1, 0.15) is 15.9 Å². The van der Waals surface area contributed by atoms with Crippen LogP contribution in [0.3, 0.4) is 0 Å². The number of rotatable bonds is 6. The highest BCUT2D eigenvalue weighted by Gasteiger charge is 2.30. The van der Waals surface area contributed by atoms with Crippen molar-refractivity contribution in [2.45, 2.75) is 11.1 Å². The molecule has 0 bridgehead atoms. The number of halogens is 3. The van der Waals surface area contributed by atoms with Gasteiger partial charge in [-0.05, 0) is 66.7 Å². The normalized spacial score (nSPS) is 11.6. The number of anilines is 2. The first-order valence-electron chi connectivity index (χ1n) is 8.84. The lowest BCUT2D eigenvalue weighted by molar-refractivity contribution is -0.137. The van der Waals surface area contributed by atoms with E-state index in [1.54, 1.807) is 0 Å². The quantitative estimate of drug-likeness (QED) is 0.567. The van der Waals surface area contributed by atoms with E-state index in [-0.39, 0.29) is 21.8 Å². The van der Waals surface area contributed by atoms with Crippen molar-refractivity contribution in [2.75, 3.05) is 17.1 Å². The number of methoxy groups -OCH3 is 1. The molecule has 0 aliphatic rings. The van der Waals surface area contributed by atoms with Gasteiger partial charge < -0.3 is 10.1 Å². The van der Waals surface area contributed by atoms with Crippen molar-refractivity contribution in [2.24, 2.45) is 0 Å². The average molecular weight is 450 g/mol. The lowest BCUT2D eigenvalue weighted by atomic mass is 10.1. The van der Waals surface area contributed by atoms with Crippen molar-refractivity contribution >= 4 is 27.3 Å². The smallest absolute Gasteiger partial charge is 0.416 e. The number of nitrogens with one attached hydrogen (secondary N) is 2. The number of hydrogen-bond acceptors (Lipinski definition) is 4. The largest absolute Gasteiger partial charge is 0.497 e. The van der Waals surface area contributed by atoms with Crippen LogP contribution in [0.2, 0.25) is 0 Å². The Kier molecular flexibility index (Phi) is 6.21. The van der Waals surface area contributed by atoms with E-state index in [4.69, 9.17) is 4.74 Å². The predicted molar refractivity (Wildman–Crippen MR) is 110 cm³/mol. The Labute approximate surface area is 176 Å². The minimum Gasteiger partial charge on any atom is -0.497 e. The van der Waals surface area contributed by atoms with Crippen molar-refractivity contribution in [3.05, 3.63) is 83.9 Å². The second-order valence-corrected chi connectivity index (χ2v) is 8.07. The van der Waals surface area contributed by atoms with Gasteiger partial charge in [-0.25, -0.2) is 8.42 Å². The van der Waals surface area contributed by atoms with E-state index < -0.39 is 27.7 Å². The first kappa shape index (κ1) is 22.2. The second-order valence-electron chi connectivity index (χ2n) is 6.39. The molecule has 0 saturated carbocycles. The van der Waals surface area contributed by atoms with Gasteiger partial charge in [-0.2, -0.15) is 13.2 Å². The molecule has 2 N–H and O–H groups in total. The van der Waals surface area contributed by atoms with Gasteiger partial charge in [-0.1, -0.05) is 6.07 Å². The zero-order valence-corrected chi connectivity index (χ0v) is 16.9. The van der Waals surface area contributed by atoms with E-state index in [0.29, 0.717) is 5.75 Å². The van der Waals surface area contributed by atoms with Crippen LogP contribution in [0.4, 0.5) is 24.5 Å². The molecule has 0 aliphatic carbocycles. The Morgan fingerprint density at radius 2 is 1.55 bits per heavy atom. The number of carbonyl (C=O) groups excluding carboxylic acids is 1. The van der Waals surface area contributed by atoms with Crippen LogP contribution in [0.25, 0.3) is 0 Å². The summed E-state index contributed by atoms with van der Waals surface area (Å²) in [6.45, 7) is 0. The van der Waals surface area contributed by atoms with E-state index in [9.17, 15) is 26.4 Å². The van der Waals surface area contributed by atoms with Crippen LogP contribution in [0.5, 0.6) is 5.75 Å². The van der Waals surface area contributed by atoms with Crippen molar-refractivity contribution in [1.29, 1.82) is 0 Å². The third-order valence-electron chi connectivity index (χ3n) is 4.22. The third-order valence-corrected chi connectivity index (χ3v) is 5.61. The number of carbonyl (C=O) groups is 1. The highest BCUT2D eigenvalue weighted by Crippen LogP contribution is 2.30. The van der Waals surface area contributed by atoms with E-state index in [1.807, 2.05) is 0 Å². The highest BCUT2D eigenvalue weighted by atomic mass is 32.2. The van der Waals surface area contributed by atoms with Gasteiger partial charge in [-0.3, -0.25) is 9.52 Å². The van der Waals surface area contributed by atoms with Crippen LogP contribution in [0, 0.1) is 0 Å². The molecule has 0 heterocycles. The van der Waals surface area contributed by atoms with Gasteiger partial charge in [0.25, 0.3) is 15.9 Å². The summed E-state index contributed by atoms with van der Waals surface area (Å²) in [5, 5.41) is 2.39. The average Bonchev–Trinajstić information content (AvgIpc) is 2.73. The molecule has 162 valence electrons. The molecule has 0 atom stereocenters.